The van der Waals surface area contributed by atoms with Gasteiger partial charge in [-0.2, -0.15) is 5.10 Å². The van der Waals surface area contributed by atoms with Crippen LogP contribution >= 0.6 is 12.2 Å². The molecular formula is C14H23N5OS. The first-order valence-corrected chi connectivity index (χ1v) is 7.26. The molecule has 0 unspecified atom stereocenters. The first-order valence-electron chi connectivity index (χ1n) is 6.85. The van der Waals surface area contributed by atoms with Crippen molar-refractivity contribution in [3.8, 4) is 0 Å². The number of nitrogens with two attached hydrogens (primary N) is 1. The zero-order chi connectivity index (χ0) is 16.2. The highest BCUT2D eigenvalue weighted by Crippen LogP contribution is 2.20. The summed E-state index contributed by atoms with van der Waals surface area (Å²) >= 11 is 5.10. The fourth-order valence-electron chi connectivity index (χ4n) is 1.82. The predicted molar refractivity (Wildman–Crippen MR) is 88.5 cm³/mol. The Labute approximate surface area is 131 Å². The van der Waals surface area contributed by atoms with Gasteiger partial charge < -0.3 is 16.0 Å². The highest BCUT2D eigenvalue weighted by molar-refractivity contribution is 7.80. The van der Waals surface area contributed by atoms with Crippen LogP contribution in [-0.2, 0) is 4.79 Å². The van der Waals surface area contributed by atoms with Crippen molar-refractivity contribution in [3.63, 3.8) is 0 Å². The van der Waals surface area contributed by atoms with Crippen LogP contribution < -0.4 is 16.0 Å². The molecule has 0 aromatic carbocycles. The van der Waals surface area contributed by atoms with E-state index < -0.39 is 0 Å². The van der Waals surface area contributed by atoms with E-state index >= 15 is 0 Å². The topological polar surface area (TPSA) is 84.1 Å². The van der Waals surface area contributed by atoms with Crippen LogP contribution in [-0.4, -0.2) is 41.2 Å². The number of nitrogens with one attached hydrogen (secondary N) is 1. The van der Waals surface area contributed by atoms with Gasteiger partial charge in [-0.05, 0) is 25.3 Å². The molecule has 0 saturated carbocycles. The van der Waals surface area contributed by atoms with E-state index in [1.54, 1.807) is 11.9 Å². The summed E-state index contributed by atoms with van der Waals surface area (Å²) in [5, 5.41) is 11.1. The van der Waals surface area contributed by atoms with E-state index in [-0.39, 0.29) is 17.4 Å². The first kappa shape index (κ1) is 17.3. The van der Waals surface area contributed by atoms with Crippen LogP contribution in [0.2, 0.25) is 0 Å². The largest absolute Gasteiger partial charge is 0.389 e. The summed E-state index contributed by atoms with van der Waals surface area (Å²) in [7, 11) is 1.77. The Morgan fingerprint density at radius 1 is 1.38 bits per heavy atom. The van der Waals surface area contributed by atoms with Gasteiger partial charge in [-0.25, -0.2) is 0 Å². The highest BCUT2D eigenvalue weighted by atomic mass is 32.1. The molecule has 116 valence electrons. The van der Waals surface area contributed by atoms with Crippen molar-refractivity contribution in [2.24, 2.45) is 11.7 Å². The fourth-order valence-corrected chi connectivity index (χ4v) is 2.07. The van der Waals surface area contributed by atoms with Crippen LogP contribution in [0.3, 0.4) is 0 Å². The van der Waals surface area contributed by atoms with Gasteiger partial charge in [0, 0.05) is 13.6 Å². The zero-order valence-corrected chi connectivity index (χ0v) is 14.0. The van der Waals surface area contributed by atoms with Gasteiger partial charge in [0.1, 0.15) is 4.99 Å². The Morgan fingerprint density at radius 3 is 2.52 bits per heavy atom. The molecular weight excluding hydrogens is 286 g/mol. The molecule has 1 amide bonds. The van der Waals surface area contributed by atoms with Crippen LogP contribution in [0.1, 0.15) is 30.7 Å². The van der Waals surface area contributed by atoms with Gasteiger partial charge in [-0.1, -0.05) is 26.1 Å². The summed E-state index contributed by atoms with van der Waals surface area (Å²) in [6.07, 6.45) is 0. The lowest BCUT2D eigenvalue weighted by atomic mass is 10.1. The molecule has 7 heteroatoms. The van der Waals surface area contributed by atoms with E-state index in [0.29, 0.717) is 23.8 Å². The van der Waals surface area contributed by atoms with Gasteiger partial charge >= 0.3 is 0 Å². The Morgan fingerprint density at radius 2 is 2.00 bits per heavy atom. The minimum absolute atomic E-state index is 0.0693. The molecule has 1 aromatic heterocycles. The third-order valence-corrected chi connectivity index (χ3v) is 3.34. The maximum absolute atomic E-state index is 11.9. The minimum atomic E-state index is -0.0693. The summed E-state index contributed by atoms with van der Waals surface area (Å²) < 4.78 is 0. The SMILES string of the molecule is Cc1nnc(N(C)CC(=O)NCC(C)C)c(C(N)=S)c1C. The van der Waals surface area contributed by atoms with Crippen molar-refractivity contribution >= 4 is 28.9 Å². The smallest absolute Gasteiger partial charge is 0.239 e. The first-order chi connectivity index (χ1) is 9.73. The number of anilines is 1. The zero-order valence-electron chi connectivity index (χ0n) is 13.2. The molecule has 21 heavy (non-hydrogen) atoms. The van der Waals surface area contributed by atoms with E-state index in [1.807, 2.05) is 27.7 Å². The Bertz CT molecular complexity index is 544. The third-order valence-electron chi connectivity index (χ3n) is 3.13. The molecule has 0 aliphatic rings. The fraction of sp³-hybridized carbons (Fsp3) is 0.571. The van der Waals surface area contributed by atoms with Crippen molar-refractivity contribution in [2.45, 2.75) is 27.7 Å². The summed E-state index contributed by atoms with van der Waals surface area (Å²) in [5.74, 6) is 0.873. The van der Waals surface area contributed by atoms with E-state index in [9.17, 15) is 4.79 Å². The van der Waals surface area contributed by atoms with Gasteiger partial charge in [0.15, 0.2) is 5.82 Å². The summed E-state index contributed by atoms with van der Waals surface area (Å²) in [6, 6.07) is 0. The van der Waals surface area contributed by atoms with Crippen LogP contribution in [0.4, 0.5) is 5.82 Å². The Balaban J connectivity index is 2.92. The molecule has 0 spiro atoms. The predicted octanol–water partition coefficient (Wildman–Crippen LogP) is 0.936. The third kappa shape index (κ3) is 4.63. The van der Waals surface area contributed by atoms with Gasteiger partial charge in [0.2, 0.25) is 5.91 Å². The molecule has 0 fully saturated rings. The molecule has 0 aliphatic carbocycles. The molecule has 0 bridgehead atoms. The lowest BCUT2D eigenvalue weighted by Gasteiger charge is -2.21. The molecule has 1 aromatic rings. The van der Waals surface area contributed by atoms with E-state index in [0.717, 1.165) is 11.3 Å². The van der Waals surface area contributed by atoms with Gasteiger partial charge in [-0.3, -0.25) is 4.79 Å². The minimum Gasteiger partial charge on any atom is -0.389 e. The number of thiocarbonyl (C=S) groups is 1. The van der Waals surface area contributed by atoms with Gasteiger partial charge in [-0.15, -0.1) is 5.10 Å². The maximum Gasteiger partial charge on any atom is 0.239 e. The molecule has 3 N–H and O–H groups in total. The number of hydrogen-bond acceptors (Lipinski definition) is 5. The Kier molecular flexibility index (Phi) is 6.02. The number of nitrogens with zero attached hydrogens (tertiary/aromatic N) is 3. The number of carbonyl (C=O) groups excluding carboxylic acids is 1. The number of aryl methyl sites for hydroxylation is 1. The van der Waals surface area contributed by atoms with Crippen molar-refractivity contribution in [1.29, 1.82) is 0 Å². The van der Waals surface area contributed by atoms with Gasteiger partial charge in [0.05, 0.1) is 17.8 Å². The summed E-state index contributed by atoms with van der Waals surface area (Å²) in [4.78, 5) is 13.9. The molecule has 0 saturated heterocycles. The maximum atomic E-state index is 11.9. The quantitative estimate of drug-likeness (QED) is 0.761. The lowest BCUT2D eigenvalue weighted by Crippen LogP contribution is -2.38. The van der Waals surface area contributed by atoms with E-state index in [1.165, 1.54) is 0 Å². The molecule has 1 rings (SSSR count). The van der Waals surface area contributed by atoms with Crippen LogP contribution in [0.25, 0.3) is 0 Å². The highest BCUT2D eigenvalue weighted by Gasteiger charge is 2.18. The molecule has 0 radical (unpaired) electrons. The normalized spacial score (nSPS) is 10.6. The van der Waals surface area contributed by atoms with Crippen molar-refractivity contribution in [1.82, 2.24) is 15.5 Å². The molecule has 0 aliphatic heterocycles. The number of amides is 1. The summed E-state index contributed by atoms with van der Waals surface area (Å²) in [5.41, 5.74) is 8.13. The second-order valence-electron chi connectivity index (χ2n) is 5.53. The van der Waals surface area contributed by atoms with Crippen LogP contribution in [0.15, 0.2) is 0 Å². The average Bonchev–Trinajstić information content (AvgIpc) is 2.38. The average molecular weight is 309 g/mol. The second-order valence-corrected chi connectivity index (χ2v) is 5.97. The number of likely N-dealkylation sites (N-methyl/N-ethyl adjacent to an activating group) is 1. The van der Waals surface area contributed by atoms with Crippen molar-refractivity contribution in [3.05, 3.63) is 16.8 Å². The lowest BCUT2D eigenvalue weighted by molar-refractivity contribution is -0.119. The summed E-state index contributed by atoms with van der Waals surface area (Å²) in [6.45, 7) is 8.67. The molecule has 1 heterocycles. The number of hydrogen-bond donors (Lipinski definition) is 2. The van der Waals surface area contributed by atoms with E-state index in [2.05, 4.69) is 15.5 Å². The van der Waals surface area contributed by atoms with Crippen LogP contribution in [0, 0.1) is 19.8 Å². The van der Waals surface area contributed by atoms with Crippen LogP contribution in [0.5, 0.6) is 0 Å². The monoisotopic (exact) mass is 309 g/mol. The van der Waals surface area contributed by atoms with Crippen molar-refractivity contribution < 1.29 is 4.79 Å². The van der Waals surface area contributed by atoms with Gasteiger partial charge in [0.25, 0.3) is 0 Å². The number of rotatable bonds is 6. The number of carbonyl (C=O) groups is 1. The molecule has 6 nitrogen and oxygen atoms in total. The standard InChI is InChI=1S/C14H23N5OS/c1-8(2)6-16-11(20)7-19(5)14-12(13(15)21)9(3)10(4)17-18-14/h8H,6-7H2,1-5H3,(H2,15,21)(H,16,20). The second kappa shape index (κ2) is 7.31. The molecule has 0 atom stereocenters. The number of aromatic nitrogens is 2. The van der Waals surface area contributed by atoms with Crippen molar-refractivity contribution in [2.75, 3.05) is 25.0 Å². The Hall–Kier alpha value is -1.76. The van der Waals surface area contributed by atoms with E-state index in [4.69, 9.17) is 18.0 Å².